The lowest BCUT2D eigenvalue weighted by Crippen LogP contribution is -2.31. The number of rotatable bonds is 4. The van der Waals surface area contributed by atoms with Crippen LogP contribution in [0.25, 0.3) is 0 Å². The summed E-state index contributed by atoms with van der Waals surface area (Å²) in [4.78, 5) is 22.5. The average molecular weight is 240 g/mol. The van der Waals surface area contributed by atoms with Gasteiger partial charge in [0.15, 0.2) is 11.8 Å². The van der Waals surface area contributed by atoms with Crippen molar-refractivity contribution in [2.75, 3.05) is 5.73 Å². The fourth-order valence-corrected chi connectivity index (χ4v) is 1.37. The zero-order valence-electron chi connectivity index (χ0n) is 10.1. The topological polar surface area (TPSA) is 113 Å². The van der Waals surface area contributed by atoms with Gasteiger partial charge in [0.25, 0.3) is 5.91 Å². The molecule has 0 spiro atoms. The SMILES string of the molecule is CCc1nn(C)c(C(=O)OC(C)C(N)=O)c1N. The second kappa shape index (κ2) is 4.86. The smallest absolute Gasteiger partial charge is 0.359 e. The van der Waals surface area contributed by atoms with Crippen molar-refractivity contribution in [3.63, 3.8) is 0 Å². The van der Waals surface area contributed by atoms with Gasteiger partial charge in [0.1, 0.15) is 0 Å². The number of ether oxygens (including phenoxy) is 1. The Labute approximate surface area is 98.7 Å². The maximum absolute atomic E-state index is 11.8. The predicted molar refractivity (Wildman–Crippen MR) is 61.1 cm³/mol. The summed E-state index contributed by atoms with van der Waals surface area (Å²) >= 11 is 0. The number of nitrogen functional groups attached to an aromatic ring is 1. The number of hydrogen-bond acceptors (Lipinski definition) is 5. The van der Waals surface area contributed by atoms with Crippen LogP contribution in [0.2, 0.25) is 0 Å². The lowest BCUT2D eigenvalue weighted by atomic mass is 10.2. The number of nitrogens with zero attached hydrogens (tertiary/aromatic N) is 2. The van der Waals surface area contributed by atoms with Gasteiger partial charge in [0, 0.05) is 7.05 Å². The van der Waals surface area contributed by atoms with Crippen LogP contribution in [-0.4, -0.2) is 27.8 Å². The van der Waals surface area contributed by atoms with Gasteiger partial charge in [-0.2, -0.15) is 5.10 Å². The second-order valence-electron chi connectivity index (χ2n) is 3.64. The quantitative estimate of drug-likeness (QED) is 0.695. The van der Waals surface area contributed by atoms with Crippen LogP contribution in [0.3, 0.4) is 0 Å². The van der Waals surface area contributed by atoms with Crippen molar-refractivity contribution in [2.45, 2.75) is 26.4 Å². The molecule has 0 aliphatic heterocycles. The summed E-state index contributed by atoms with van der Waals surface area (Å²) in [5.74, 6) is -1.42. The Morgan fingerprint density at radius 1 is 1.53 bits per heavy atom. The minimum atomic E-state index is -0.998. The number of carbonyl (C=O) groups is 2. The van der Waals surface area contributed by atoms with E-state index >= 15 is 0 Å². The molecule has 0 bridgehead atoms. The molecule has 0 aromatic carbocycles. The molecular formula is C10H16N4O3. The fourth-order valence-electron chi connectivity index (χ4n) is 1.37. The van der Waals surface area contributed by atoms with E-state index in [1.807, 2.05) is 6.92 Å². The third-order valence-electron chi connectivity index (χ3n) is 2.37. The highest BCUT2D eigenvalue weighted by Gasteiger charge is 2.23. The third kappa shape index (κ3) is 2.55. The van der Waals surface area contributed by atoms with Gasteiger partial charge in [0.2, 0.25) is 0 Å². The number of amides is 1. The molecule has 4 N–H and O–H groups in total. The molecule has 1 rings (SSSR count). The Hall–Kier alpha value is -2.05. The van der Waals surface area contributed by atoms with Crippen LogP contribution in [0.1, 0.15) is 30.0 Å². The normalized spacial score (nSPS) is 12.2. The molecule has 1 aromatic rings. The molecule has 7 heteroatoms. The van der Waals surface area contributed by atoms with Crippen LogP contribution in [-0.2, 0) is 23.0 Å². The van der Waals surface area contributed by atoms with Crippen molar-refractivity contribution in [1.29, 1.82) is 0 Å². The van der Waals surface area contributed by atoms with Crippen molar-refractivity contribution >= 4 is 17.6 Å². The molecule has 1 aromatic heterocycles. The van der Waals surface area contributed by atoms with Crippen LogP contribution in [0.5, 0.6) is 0 Å². The molecule has 7 nitrogen and oxygen atoms in total. The number of aromatic nitrogens is 2. The summed E-state index contributed by atoms with van der Waals surface area (Å²) < 4.78 is 6.20. The van der Waals surface area contributed by atoms with Crippen molar-refractivity contribution in [3.8, 4) is 0 Å². The molecule has 94 valence electrons. The van der Waals surface area contributed by atoms with Crippen LogP contribution >= 0.6 is 0 Å². The van der Waals surface area contributed by atoms with Gasteiger partial charge >= 0.3 is 5.97 Å². The van der Waals surface area contributed by atoms with Gasteiger partial charge in [-0.1, -0.05) is 6.92 Å². The minimum absolute atomic E-state index is 0.134. The van der Waals surface area contributed by atoms with Crippen molar-refractivity contribution in [2.24, 2.45) is 12.8 Å². The Balaban J connectivity index is 2.97. The summed E-state index contributed by atoms with van der Waals surface area (Å²) in [6, 6.07) is 0. The Bertz CT molecular complexity index is 453. The number of nitrogens with two attached hydrogens (primary N) is 2. The highest BCUT2D eigenvalue weighted by atomic mass is 16.5. The lowest BCUT2D eigenvalue weighted by molar-refractivity contribution is -0.125. The maximum atomic E-state index is 11.8. The first-order valence-electron chi connectivity index (χ1n) is 5.20. The molecule has 0 fully saturated rings. The molecule has 1 heterocycles. The van der Waals surface area contributed by atoms with Crippen molar-refractivity contribution < 1.29 is 14.3 Å². The van der Waals surface area contributed by atoms with Gasteiger partial charge in [0.05, 0.1) is 11.4 Å². The molecule has 0 saturated heterocycles. The van der Waals surface area contributed by atoms with E-state index in [-0.39, 0.29) is 11.4 Å². The summed E-state index contributed by atoms with van der Waals surface area (Å²) in [5, 5.41) is 4.08. The van der Waals surface area contributed by atoms with Gasteiger partial charge in [-0.25, -0.2) is 4.79 Å². The van der Waals surface area contributed by atoms with Gasteiger partial charge in [-0.15, -0.1) is 0 Å². The number of carbonyl (C=O) groups excluding carboxylic acids is 2. The summed E-state index contributed by atoms with van der Waals surface area (Å²) in [6.45, 7) is 3.27. The zero-order chi connectivity index (χ0) is 13.2. The number of primary amides is 1. The third-order valence-corrected chi connectivity index (χ3v) is 2.37. The zero-order valence-corrected chi connectivity index (χ0v) is 10.1. The first-order chi connectivity index (χ1) is 7.88. The van der Waals surface area contributed by atoms with Crippen LogP contribution < -0.4 is 11.5 Å². The lowest BCUT2D eigenvalue weighted by Gasteiger charge is -2.09. The Morgan fingerprint density at radius 3 is 2.53 bits per heavy atom. The largest absolute Gasteiger partial charge is 0.448 e. The van der Waals surface area contributed by atoms with Gasteiger partial charge < -0.3 is 16.2 Å². The van der Waals surface area contributed by atoms with E-state index in [1.54, 1.807) is 7.05 Å². The monoisotopic (exact) mass is 240 g/mol. The Morgan fingerprint density at radius 2 is 2.12 bits per heavy atom. The molecule has 1 unspecified atom stereocenters. The minimum Gasteiger partial charge on any atom is -0.448 e. The molecule has 0 radical (unpaired) electrons. The molecule has 0 saturated carbocycles. The molecule has 1 amide bonds. The van der Waals surface area contributed by atoms with E-state index in [0.717, 1.165) is 0 Å². The first-order valence-corrected chi connectivity index (χ1v) is 5.20. The van der Waals surface area contributed by atoms with Crippen molar-refractivity contribution in [3.05, 3.63) is 11.4 Å². The van der Waals surface area contributed by atoms with E-state index in [2.05, 4.69) is 5.10 Å². The summed E-state index contributed by atoms with van der Waals surface area (Å²) in [5.41, 5.74) is 11.8. The molecule has 17 heavy (non-hydrogen) atoms. The standard InChI is InChI=1S/C10H16N4O3/c1-4-6-7(11)8(14(3)13-6)10(16)17-5(2)9(12)15/h5H,4,11H2,1-3H3,(H2,12,15). The van der Waals surface area contributed by atoms with E-state index in [0.29, 0.717) is 12.1 Å². The predicted octanol–water partition coefficient (Wildman–Crippen LogP) is -0.405. The molecule has 1 atom stereocenters. The van der Waals surface area contributed by atoms with Gasteiger partial charge in [-0.05, 0) is 13.3 Å². The van der Waals surface area contributed by atoms with Crippen molar-refractivity contribution in [1.82, 2.24) is 9.78 Å². The maximum Gasteiger partial charge on any atom is 0.359 e. The molecule has 0 aliphatic carbocycles. The fraction of sp³-hybridized carbons (Fsp3) is 0.500. The molecule has 0 aliphatic rings. The van der Waals surface area contributed by atoms with E-state index in [4.69, 9.17) is 16.2 Å². The number of anilines is 1. The van der Waals surface area contributed by atoms with Crippen LogP contribution in [0.4, 0.5) is 5.69 Å². The van der Waals surface area contributed by atoms with Crippen LogP contribution in [0, 0.1) is 0 Å². The second-order valence-corrected chi connectivity index (χ2v) is 3.64. The first kappa shape index (κ1) is 13.0. The highest BCUT2D eigenvalue weighted by molar-refractivity contribution is 5.95. The number of aryl methyl sites for hydroxylation is 2. The van der Waals surface area contributed by atoms with E-state index in [1.165, 1.54) is 11.6 Å². The van der Waals surface area contributed by atoms with E-state index < -0.39 is 18.0 Å². The van der Waals surface area contributed by atoms with Gasteiger partial charge in [-0.3, -0.25) is 9.48 Å². The number of hydrogen-bond donors (Lipinski definition) is 2. The average Bonchev–Trinajstić information content (AvgIpc) is 2.53. The van der Waals surface area contributed by atoms with E-state index in [9.17, 15) is 9.59 Å². The highest BCUT2D eigenvalue weighted by Crippen LogP contribution is 2.18. The van der Waals surface area contributed by atoms with Crippen LogP contribution in [0.15, 0.2) is 0 Å². The summed E-state index contributed by atoms with van der Waals surface area (Å²) in [6.07, 6.45) is -0.389. The Kier molecular flexibility index (Phi) is 3.72. The number of esters is 1. The summed E-state index contributed by atoms with van der Waals surface area (Å²) in [7, 11) is 1.58. The molecular weight excluding hydrogens is 224 g/mol.